The number of unbranched alkanes of at least 4 members (excludes halogenated alkanes) is 1. The number of aromatic nitrogens is 3. The molecule has 10 heteroatoms. The Kier molecular flexibility index (Phi) is 10.2. The van der Waals surface area contributed by atoms with Gasteiger partial charge in [0.2, 0.25) is 5.91 Å². The van der Waals surface area contributed by atoms with E-state index in [0.29, 0.717) is 31.3 Å². The zero-order chi connectivity index (χ0) is 27.5. The lowest BCUT2D eigenvalue weighted by molar-refractivity contribution is -0.138. The summed E-state index contributed by atoms with van der Waals surface area (Å²) in [4.78, 5) is 39.3. The summed E-state index contributed by atoms with van der Waals surface area (Å²) < 4.78 is 0. The highest BCUT2D eigenvalue weighted by atomic mass is 16.4. The van der Waals surface area contributed by atoms with Crippen LogP contribution in [0.1, 0.15) is 43.9 Å². The van der Waals surface area contributed by atoms with E-state index in [1.165, 1.54) is 12.5 Å². The topological polar surface area (TPSA) is 132 Å². The van der Waals surface area contributed by atoms with Gasteiger partial charge >= 0.3 is 5.97 Å². The average Bonchev–Trinajstić information content (AvgIpc) is 2.95. The second kappa shape index (κ2) is 14.2. The Balaban J connectivity index is 1.30. The summed E-state index contributed by atoms with van der Waals surface area (Å²) in [6.45, 7) is 4.06. The van der Waals surface area contributed by atoms with Crippen molar-refractivity contribution in [3.63, 3.8) is 0 Å². The number of carbonyl (C=O) groups is 2. The summed E-state index contributed by atoms with van der Waals surface area (Å²) in [6.07, 6.45) is 6.91. The van der Waals surface area contributed by atoms with E-state index >= 15 is 0 Å². The highest BCUT2D eigenvalue weighted by Crippen LogP contribution is 2.20. The largest absolute Gasteiger partial charge is 0.480 e. The number of fused-ring (bicyclic) bond motifs is 1. The molecule has 0 spiro atoms. The molecule has 0 saturated carbocycles. The molecule has 1 aromatic carbocycles. The summed E-state index contributed by atoms with van der Waals surface area (Å²) >= 11 is 0. The summed E-state index contributed by atoms with van der Waals surface area (Å²) in [6, 6.07) is 14.7. The first-order chi connectivity index (χ1) is 19.0. The molecule has 0 saturated heterocycles. The van der Waals surface area contributed by atoms with Crippen LogP contribution in [-0.4, -0.2) is 69.2 Å². The van der Waals surface area contributed by atoms with Gasteiger partial charge in [-0.1, -0.05) is 36.4 Å². The van der Waals surface area contributed by atoms with Crippen LogP contribution < -0.4 is 16.0 Å². The molecule has 39 heavy (non-hydrogen) atoms. The molecule has 206 valence electrons. The number of pyridine rings is 1. The van der Waals surface area contributed by atoms with Crippen molar-refractivity contribution in [3.05, 3.63) is 66.0 Å². The molecule has 1 atom stereocenters. The number of nitrogens with zero attached hydrogens (tertiary/aromatic N) is 4. The Bertz CT molecular complexity index is 1240. The van der Waals surface area contributed by atoms with Crippen LogP contribution in [0, 0.1) is 0 Å². The number of rotatable bonds is 14. The maximum absolute atomic E-state index is 12.1. The van der Waals surface area contributed by atoms with Gasteiger partial charge in [0.1, 0.15) is 17.7 Å². The van der Waals surface area contributed by atoms with Crippen LogP contribution >= 0.6 is 0 Å². The summed E-state index contributed by atoms with van der Waals surface area (Å²) in [5.74, 6) is 0.922. The Labute approximate surface area is 229 Å². The van der Waals surface area contributed by atoms with Gasteiger partial charge < -0.3 is 21.1 Å². The highest BCUT2D eigenvalue weighted by molar-refractivity contribution is 5.77. The van der Waals surface area contributed by atoms with Crippen LogP contribution in [0.5, 0.6) is 0 Å². The lowest BCUT2D eigenvalue weighted by atomic mass is 10.1. The Morgan fingerprint density at radius 3 is 2.72 bits per heavy atom. The molecule has 4 N–H and O–H groups in total. The van der Waals surface area contributed by atoms with Gasteiger partial charge in [-0.05, 0) is 62.8 Å². The third-order valence-corrected chi connectivity index (χ3v) is 6.70. The molecule has 10 nitrogen and oxygen atoms in total. The van der Waals surface area contributed by atoms with E-state index in [0.717, 1.165) is 62.3 Å². The van der Waals surface area contributed by atoms with E-state index < -0.39 is 12.0 Å². The summed E-state index contributed by atoms with van der Waals surface area (Å²) in [5.41, 5.74) is 3.22. The molecule has 0 bridgehead atoms. The number of aryl methyl sites for hydroxylation is 2. The molecule has 1 aliphatic heterocycles. The maximum atomic E-state index is 12.1. The minimum absolute atomic E-state index is 0.118. The first-order valence-electron chi connectivity index (χ1n) is 13.5. The number of carboxylic acids is 1. The number of carbonyl (C=O) groups excluding carboxylic acids is 1. The fourth-order valence-corrected chi connectivity index (χ4v) is 4.56. The molecular formula is C29H37N7O3. The Hall–Kier alpha value is -4.05. The minimum Gasteiger partial charge on any atom is -0.480 e. The predicted octanol–water partition coefficient (Wildman–Crippen LogP) is 3.57. The predicted molar refractivity (Wildman–Crippen MR) is 151 cm³/mol. The van der Waals surface area contributed by atoms with Crippen molar-refractivity contribution in [3.8, 4) is 11.4 Å². The number of nitrogens with one attached hydrogen (secondary N) is 3. The van der Waals surface area contributed by atoms with E-state index in [1.54, 1.807) is 12.3 Å². The van der Waals surface area contributed by atoms with Crippen molar-refractivity contribution in [2.75, 3.05) is 36.9 Å². The van der Waals surface area contributed by atoms with Gasteiger partial charge in [-0.15, -0.1) is 0 Å². The quantitative estimate of drug-likeness (QED) is 0.182. The second-order valence-electron chi connectivity index (χ2n) is 9.76. The van der Waals surface area contributed by atoms with Crippen molar-refractivity contribution in [1.82, 2.24) is 25.2 Å². The minimum atomic E-state index is -0.957. The third-order valence-electron chi connectivity index (χ3n) is 6.70. The molecule has 1 amide bonds. The second-order valence-corrected chi connectivity index (χ2v) is 9.76. The summed E-state index contributed by atoms with van der Waals surface area (Å²) in [5, 5.41) is 19.1. The van der Waals surface area contributed by atoms with Crippen molar-refractivity contribution < 1.29 is 14.7 Å². The molecule has 4 rings (SSSR count). The van der Waals surface area contributed by atoms with Gasteiger partial charge in [-0.25, -0.2) is 19.7 Å². The van der Waals surface area contributed by atoms with Crippen molar-refractivity contribution in [2.24, 2.45) is 0 Å². The molecule has 0 radical (unpaired) electrons. The van der Waals surface area contributed by atoms with Gasteiger partial charge in [0.15, 0.2) is 5.82 Å². The number of aliphatic carboxylic acids is 1. The van der Waals surface area contributed by atoms with Crippen molar-refractivity contribution in [1.29, 1.82) is 0 Å². The number of anilines is 2. The van der Waals surface area contributed by atoms with Crippen LogP contribution in [0.15, 0.2) is 54.7 Å². The lowest BCUT2D eigenvalue weighted by Crippen LogP contribution is -2.41. The smallest absolute Gasteiger partial charge is 0.326 e. The molecule has 0 aliphatic carbocycles. The van der Waals surface area contributed by atoms with E-state index in [2.05, 4.69) is 43.0 Å². The molecular weight excluding hydrogens is 494 g/mol. The Morgan fingerprint density at radius 1 is 1.08 bits per heavy atom. The van der Waals surface area contributed by atoms with E-state index in [-0.39, 0.29) is 5.91 Å². The maximum Gasteiger partial charge on any atom is 0.326 e. The van der Waals surface area contributed by atoms with Gasteiger partial charge in [-0.3, -0.25) is 9.69 Å². The first kappa shape index (κ1) is 28.0. The SMILES string of the molecule is CC(=O)NCN(CCCCc1ccc2c(n1)NCCC2)CCC(Nc1ccnc(-c2ccccc2)n1)C(=O)O. The zero-order valence-electron chi connectivity index (χ0n) is 22.4. The third kappa shape index (κ3) is 8.75. The van der Waals surface area contributed by atoms with E-state index in [9.17, 15) is 14.7 Å². The van der Waals surface area contributed by atoms with E-state index in [1.807, 2.05) is 30.3 Å². The standard InChI is InChI=1S/C29H37N7O3/c1-21(37)32-20-36(18-6-5-11-24-13-12-23-10-7-16-30-27(23)33-24)19-15-25(29(38)39)34-26-14-17-31-28(35-26)22-8-3-2-4-9-22/h2-4,8-9,12-14,17,25H,5-7,10-11,15-16,18-20H2,1H3,(H,30,33)(H,32,37)(H,38,39)(H,31,34,35). The highest BCUT2D eigenvalue weighted by Gasteiger charge is 2.20. The van der Waals surface area contributed by atoms with Gasteiger partial charge in [0.05, 0.1) is 6.67 Å². The number of hydrogen-bond acceptors (Lipinski definition) is 8. The number of benzene rings is 1. The Morgan fingerprint density at radius 2 is 1.92 bits per heavy atom. The molecule has 3 aromatic rings. The van der Waals surface area contributed by atoms with Gasteiger partial charge in [0.25, 0.3) is 0 Å². The van der Waals surface area contributed by atoms with Crippen LogP contribution in [0.3, 0.4) is 0 Å². The van der Waals surface area contributed by atoms with Crippen LogP contribution in [-0.2, 0) is 22.4 Å². The number of hydrogen-bond donors (Lipinski definition) is 4. The molecule has 3 heterocycles. The van der Waals surface area contributed by atoms with Crippen LogP contribution in [0.2, 0.25) is 0 Å². The summed E-state index contributed by atoms with van der Waals surface area (Å²) in [7, 11) is 0. The molecule has 1 unspecified atom stereocenters. The van der Waals surface area contributed by atoms with E-state index in [4.69, 9.17) is 4.98 Å². The zero-order valence-corrected chi connectivity index (χ0v) is 22.4. The first-order valence-corrected chi connectivity index (χ1v) is 13.5. The molecule has 2 aromatic heterocycles. The fourth-order valence-electron chi connectivity index (χ4n) is 4.56. The van der Waals surface area contributed by atoms with Crippen LogP contribution in [0.4, 0.5) is 11.6 Å². The van der Waals surface area contributed by atoms with Crippen molar-refractivity contribution >= 4 is 23.5 Å². The van der Waals surface area contributed by atoms with Gasteiger partial charge in [-0.2, -0.15) is 0 Å². The fraction of sp³-hybridized carbons (Fsp3) is 0.414. The molecule has 0 fully saturated rings. The van der Waals surface area contributed by atoms with Crippen LogP contribution in [0.25, 0.3) is 11.4 Å². The van der Waals surface area contributed by atoms with Gasteiger partial charge in [0, 0.05) is 37.5 Å². The number of amides is 1. The van der Waals surface area contributed by atoms with Crippen molar-refractivity contribution in [2.45, 2.75) is 51.5 Å². The number of carboxylic acid groups (broad SMARTS) is 1. The average molecular weight is 532 g/mol. The normalized spacial score (nSPS) is 13.3. The lowest BCUT2D eigenvalue weighted by Gasteiger charge is -2.24. The monoisotopic (exact) mass is 531 g/mol. The molecule has 1 aliphatic rings.